The van der Waals surface area contributed by atoms with Crippen molar-refractivity contribution in [3.05, 3.63) is 22.8 Å². The lowest BCUT2D eigenvalue weighted by Crippen LogP contribution is -2.39. The molecule has 0 bridgehead atoms. The Hall–Kier alpha value is -1.63. The highest BCUT2D eigenvalue weighted by Gasteiger charge is 2.35. The molecule has 0 aliphatic carbocycles. The van der Waals surface area contributed by atoms with E-state index in [4.69, 9.17) is 4.74 Å². The highest BCUT2D eigenvalue weighted by atomic mass is 79.9. The zero-order chi connectivity index (χ0) is 17.9. The number of rotatable bonds is 3. The molecule has 0 spiro atoms. The minimum absolute atomic E-state index is 0.00150. The largest absolute Gasteiger partial charge is 0.444 e. The number of aromatic nitrogens is 1. The number of hydrogen-bond acceptors (Lipinski definition) is 4. The molecule has 2 heterocycles. The predicted molar refractivity (Wildman–Crippen MR) is 95.9 cm³/mol. The van der Waals surface area contributed by atoms with Gasteiger partial charge in [-0.3, -0.25) is 9.69 Å². The van der Waals surface area contributed by atoms with E-state index in [2.05, 4.69) is 20.9 Å². The third kappa shape index (κ3) is 4.69. The average Bonchev–Trinajstić information content (AvgIpc) is 2.98. The molecule has 7 heteroatoms. The molecular formula is C17H24BrN3O3. The summed E-state index contributed by atoms with van der Waals surface area (Å²) in [7, 11) is 0. The van der Waals surface area contributed by atoms with Gasteiger partial charge in [-0.1, -0.05) is 0 Å². The molecule has 1 unspecified atom stereocenters. The lowest BCUT2D eigenvalue weighted by atomic mass is 10.1. The van der Waals surface area contributed by atoms with Gasteiger partial charge >= 0.3 is 6.09 Å². The maximum absolute atomic E-state index is 12.8. The van der Waals surface area contributed by atoms with Crippen LogP contribution in [0.1, 0.15) is 34.1 Å². The standard InChI is InChI=1S/C17H24BrN3O3/c1-5-21(14-7-6-13(18)10-19-14)15(22)12-8-9-20(11-12)16(23)24-17(2,3)4/h6-7,10,12H,5,8-9,11H2,1-4H3. The van der Waals surface area contributed by atoms with Crippen LogP contribution in [-0.2, 0) is 9.53 Å². The van der Waals surface area contributed by atoms with Crippen LogP contribution in [0, 0.1) is 5.92 Å². The number of ether oxygens (including phenoxy) is 1. The van der Waals surface area contributed by atoms with E-state index >= 15 is 0 Å². The summed E-state index contributed by atoms with van der Waals surface area (Å²) in [6.07, 6.45) is 1.96. The second kappa shape index (κ2) is 7.51. The fraction of sp³-hybridized carbons (Fsp3) is 0.588. The summed E-state index contributed by atoms with van der Waals surface area (Å²) in [4.78, 5) is 32.5. The quantitative estimate of drug-likeness (QED) is 0.783. The molecule has 1 aliphatic heterocycles. The van der Waals surface area contributed by atoms with Crippen molar-refractivity contribution in [2.75, 3.05) is 24.5 Å². The van der Waals surface area contributed by atoms with Crippen molar-refractivity contribution >= 4 is 33.7 Å². The Bertz CT molecular complexity index is 598. The normalized spacial score (nSPS) is 17.7. The highest BCUT2D eigenvalue weighted by molar-refractivity contribution is 9.10. The molecule has 0 radical (unpaired) electrons. The molecular weight excluding hydrogens is 374 g/mol. The van der Waals surface area contributed by atoms with Crippen LogP contribution < -0.4 is 4.90 Å². The van der Waals surface area contributed by atoms with E-state index in [1.54, 1.807) is 16.0 Å². The van der Waals surface area contributed by atoms with E-state index in [1.807, 2.05) is 39.8 Å². The molecule has 1 saturated heterocycles. The molecule has 1 aliphatic rings. The fourth-order valence-corrected chi connectivity index (χ4v) is 2.87. The molecule has 0 N–H and O–H groups in total. The number of pyridine rings is 1. The lowest BCUT2D eigenvalue weighted by Gasteiger charge is -2.25. The first-order valence-electron chi connectivity index (χ1n) is 8.12. The van der Waals surface area contributed by atoms with Gasteiger partial charge in [0.2, 0.25) is 5.91 Å². The molecule has 1 aromatic heterocycles. The van der Waals surface area contributed by atoms with E-state index < -0.39 is 5.60 Å². The van der Waals surface area contributed by atoms with Gasteiger partial charge in [-0.15, -0.1) is 0 Å². The van der Waals surface area contributed by atoms with Crippen LogP contribution in [0.4, 0.5) is 10.6 Å². The van der Waals surface area contributed by atoms with Crippen LogP contribution in [0.3, 0.4) is 0 Å². The molecule has 24 heavy (non-hydrogen) atoms. The zero-order valence-corrected chi connectivity index (χ0v) is 16.2. The molecule has 0 aromatic carbocycles. The number of carbonyl (C=O) groups excluding carboxylic acids is 2. The number of amides is 2. The van der Waals surface area contributed by atoms with E-state index in [0.717, 1.165) is 4.47 Å². The number of anilines is 1. The van der Waals surface area contributed by atoms with Crippen LogP contribution in [0.2, 0.25) is 0 Å². The minimum Gasteiger partial charge on any atom is -0.444 e. The second-order valence-electron chi connectivity index (χ2n) is 6.83. The molecule has 0 saturated carbocycles. The lowest BCUT2D eigenvalue weighted by molar-refractivity contribution is -0.122. The van der Waals surface area contributed by atoms with Crippen molar-refractivity contribution in [3.63, 3.8) is 0 Å². The molecule has 1 fully saturated rings. The van der Waals surface area contributed by atoms with Gasteiger partial charge in [0.1, 0.15) is 11.4 Å². The van der Waals surface area contributed by atoms with Gasteiger partial charge in [-0.2, -0.15) is 0 Å². The SMILES string of the molecule is CCN(C(=O)C1CCN(C(=O)OC(C)(C)C)C1)c1ccc(Br)cn1. The van der Waals surface area contributed by atoms with E-state index in [0.29, 0.717) is 31.9 Å². The number of hydrogen-bond donors (Lipinski definition) is 0. The molecule has 2 rings (SSSR count). The van der Waals surface area contributed by atoms with Gasteiger partial charge in [-0.25, -0.2) is 9.78 Å². The second-order valence-corrected chi connectivity index (χ2v) is 7.74. The summed E-state index contributed by atoms with van der Waals surface area (Å²) in [5.41, 5.74) is -0.532. The first-order chi connectivity index (χ1) is 11.2. The smallest absolute Gasteiger partial charge is 0.410 e. The number of nitrogens with zero attached hydrogens (tertiary/aromatic N) is 3. The van der Waals surface area contributed by atoms with Gasteiger partial charge in [-0.05, 0) is 62.2 Å². The maximum atomic E-state index is 12.8. The molecule has 1 aromatic rings. The topological polar surface area (TPSA) is 62.7 Å². The van der Waals surface area contributed by atoms with Crippen molar-refractivity contribution in [3.8, 4) is 0 Å². The maximum Gasteiger partial charge on any atom is 0.410 e. The summed E-state index contributed by atoms with van der Waals surface area (Å²) in [6, 6.07) is 3.67. The minimum atomic E-state index is -0.532. The van der Waals surface area contributed by atoms with Crippen LogP contribution in [-0.4, -0.2) is 47.1 Å². The number of likely N-dealkylation sites (tertiary alicyclic amines) is 1. The van der Waals surface area contributed by atoms with Crippen molar-refractivity contribution in [1.82, 2.24) is 9.88 Å². The van der Waals surface area contributed by atoms with Gasteiger partial charge in [0.15, 0.2) is 0 Å². The Morgan fingerprint density at radius 1 is 1.42 bits per heavy atom. The van der Waals surface area contributed by atoms with Crippen LogP contribution in [0.25, 0.3) is 0 Å². The van der Waals surface area contributed by atoms with Crippen LogP contribution in [0.5, 0.6) is 0 Å². The summed E-state index contributed by atoms with van der Waals surface area (Å²) < 4.78 is 6.25. The first-order valence-corrected chi connectivity index (χ1v) is 8.91. The Kier molecular flexibility index (Phi) is 5.85. The fourth-order valence-electron chi connectivity index (χ4n) is 2.63. The van der Waals surface area contributed by atoms with E-state index in [1.165, 1.54) is 0 Å². The van der Waals surface area contributed by atoms with Crippen molar-refractivity contribution in [1.29, 1.82) is 0 Å². The summed E-state index contributed by atoms with van der Waals surface area (Å²) in [5.74, 6) is 0.405. The summed E-state index contributed by atoms with van der Waals surface area (Å²) in [6.45, 7) is 8.89. The zero-order valence-electron chi connectivity index (χ0n) is 14.6. The molecule has 2 amide bonds. The number of carbonyl (C=O) groups is 2. The Morgan fingerprint density at radius 3 is 2.67 bits per heavy atom. The monoisotopic (exact) mass is 397 g/mol. The van der Waals surface area contributed by atoms with Crippen LogP contribution >= 0.6 is 15.9 Å². The summed E-state index contributed by atoms with van der Waals surface area (Å²) in [5, 5.41) is 0. The van der Waals surface area contributed by atoms with Crippen LogP contribution in [0.15, 0.2) is 22.8 Å². The van der Waals surface area contributed by atoms with E-state index in [9.17, 15) is 9.59 Å². The first kappa shape index (κ1) is 18.7. The summed E-state index contributed by atoms with van der Waals surface area (Å²) >= 11 is 3.34. The Balaban J connectivity index is 2.02. The Morgan fingerprint density at radius 2 is 2.12 bits per heavy atom. The molecule has 132 valence electrons. The van der Waals surface area contributed by atoms with Crippen molar-refractivity contribution in [2.45, 2.75) is 39.7 Å². The molecule has 1 atom stereocenters. The van der Waals surface area contributed by atoms with Gasteiger partial charge in [0.05, 0.1) is 5.92 Å². The third-order valence-electron chi connectivity index (χ3n) is 3.76. The highest BCUT2D eigenvalue weighted by Crippen LogP contribution is 2.24. The average molecular weight is 398 g/mol. The Labute approximate surface area is 151 Å². The third-order valence-corrected chi connectivity index (χ3v) is 4.23. The van der Waals surface area contributed by atoms with E-state index in [-0.39, 0.29) is 17.9 Å². The van der Waals surface area contributed by atoms with Crippen molar-refractivity contribution < 1.29 is 14.3 Å². The van der Waals surface area contributed by atoms with Gasteiger partial charge in [0.25, 0.3) is 0 Å². The molecule has 6 nitrogen and oxygen atoms in total. The van der Waals surface area contributed by atoms with Gasteiger partial charge in [0, 0.05) is 30.3 Å². The van der Waals surface area contributed by atoms with Gasteiger partial charge < -0.3 is 9.64 Å². The number of halogens is 1. The van der Waals surface area contributed by atoms with Crippen molar-refractivity contribution in [2.24, 2.45) is 5.92 Å². The predicted octanol–water partition coefficient (Wildman–Crippen LogP) is 3.45.